The third-order valence-electron chi connectivity index (χ3n) is 8.88. The van der Waals surface area contributed by atoms with Gasteiger partial charge in [-0.3, -0.25) is 4.57 Å². The number of hydrogen-bond donors (Lipinski definition) is 0. The lowest BCUT2D eigenvalue weighted by atomic mass is 9.88. The number of hydrogen-bond acceptors (Lipinski definition) is 5. The highest BCUT2D eigenvalue weighted by Gasteiger charge is 2.26. The Bertz CT molecular complexity index is 2230. The summed E-state index contributed by atoms with van der Waals surface area (Å²) < 4.78 is 8.71. The number of benzene rings is 4. The summed E-state index contributed by atoms with van der Waals surface area (Å²) in [7, 11) is 2.12. The molecule has 4 heterocycles. The predicted octanol–water partition coefficient (Wildman–Crippen LogP) is 9.88. The molecule has 0 bridgehead atoms. The van der Waals surface area contributed by atoms with E-state index in [1.165, 1.54) is 27.8 Å². The van der Waals surface area contributed by atoms with E-state index in [1.807, 2.05) is 36.7 Å². The summed E-state index contributed by atoms with van der Waals surface area (Å²) in [6.07, 6.45) is 3.73. The second kappa shape index (κ2) is 10.8. The minimum atomic E-state index is 0.00911. The molecular weight excluding hydrogens is 566 g/mol. The van der Waals surface area contributed by atoms with E-state index in [0.29, 0.717) is 5.88 Å². The molecule has 3 aromatic heterocycles. The number of ether oxygens (including phenoxy) is 1. The predicted molar refractivity (Wildman–Crippen MR) is 189 cm³/mol. The lowest BCUT2D eigenvalue weighted by Gasteiger charge is -2.20. The molecule has 0 radical (unpaired) electrons. The fraction of sp³-hybridized carbons (Fsp3) is 0.150. The zero-order chi connectivity index (χ0) is 31.4. The van der Waals surface area contributed by atoms with Crippen LogP contribution in [-0.2, 0) is 5.41 Å². The van der Waals surface area contributed by atoms with Gasteiger partial charge in [0.25, 0.3) is 0 Å². The molecular formula is C40H35N5O. The van der Waals surface area contributed by atoms with E-state index in [2.05, 4.69) is 138 Å². The van der Waals surface area contributed by atoms with Crippen LogP contribution >= 0.6 is 0 Å². The Hall–Kier alpha value is -5.62. The van der Waals surface area contributed by atoms with Crippen molar-refractivity contribution in [2.24, 2.45) is 0 Å². The summed E-state index contributed by atoms with van der Waals surface area (Å²) in [4.78, 5) is 14.0. The number of rotatable bonds is 5. The number of anilines is 3. The van der Waals surface area contributed by atoms with Gasteiger partial charge in [-0.1, -0.05) is 75.4 Å². The Labute approximate surface area is 269 Å². The van der Waals surface area contributed by atoms with Gasteiger partial charge in [-0.25, -0.2) is 9.97 Å². The SMILES string of the molecule is CN1CN(c2ccnc(Oc3ccc4c5ccccc5n(-c5cc(C(C)(C)C)ccn5)c4c3)c2)c2cc(-c3ccccc3)ccc21. The van der Waals surface area contributed by atoms with Crippen LogP contribution in [0.5, 0.6) is 11.6 Å². The molecule has 0 unspecified atom stereocenters. The first-order valence-corrected chi connectivity index (χ1v) is 15.7. The van der Waals surface area contributed by atoms with E-state index in [4.69, 9.17) is 9.72 Å². The van der Waals surface area contributed by atoms with Gasteiger partial charge in [-0.05, 0) is 70.6 Å². The molecule has 6 heteroatoms. The number of para-hydroxylation sites is 1. The molecule has 0 spiro atoms. The Kier molecular flexibility index (Phi) is 6.53. The molecule has 0 saturated heterocycles. The topological polar surface area (TPSA) is 46.4 Å². The van der Waals surface area contributed by atoms with E-state index in [9.17, 15) is 0 Å². The van der Waals surface area contributed by atoms with Crippen molar-refractivity contribution >= 4 is 38.9 Å². The average Bonchev–Trinajstić information content (AvgIpc) is 3.59. The summed E-state index contributed by atoms with van der Waals surface area (Å²) in [5.41, 5.74) is 9.18. The molecule has 0 aliphatic carbocycles. The average molecular weight is 602 g/mol. The molecule has 1 aliphatic heterocycles. The van der Waals surface area contributed by atoms with Crippen LogP contribution in [0.25, 0.3) is 38.8 Å². The zero-order valence-corrected chi connectivity index (χ0v) is 26.5. The smallest absolute Gasteiger partial charge is 0.221 e. The maximum Gasteiger partial charge on any atom is 0.221 e. The van der Waals surface area contributed by atoms with E-state index in [1.54, 1.807) is 0 Å². The van der Waals surface area contributed by atoms with E-state index < -0.39 is 0 Å². The van der Waals surface area contributed by atoms with Crippen molar-refractivity contribution in [3.8, 4) is 28.6 Å². The highest BCUT2D eigenvalue weighted by molar-refractivity contribution is 6.09. The number of pyridine rings is 2. The van der Waals surface area contributed by atoms with Crippen molar-refractivity contribution in [1.82, 2.24) is 14.5 Å². The van der Waals surface area contributed by atoms with E-state index in [-0.39, 0.29) is 5.41 Å². The van der Waals surface area contributed by atoms with Gasteiger partial charge < -0.3 is 14.5 Å². The van der Waals surface area contributed by atoms with Crippen LogP contribution in [0.15, 0.2) is 128 Å². The Morgan fingerprint density at radius 3 is 2.28 bits per heavy atom. The Morgan fingerprint density at radius 1 is 0.652 bits per heavy atom. The van der Waals surface area contributed by atoms with Crippen LogP contribution < -0.4 is 14.5 Å². The summed E-state index contributed by atoms with van der Waals surface area (Å²) >= 11 is 0. The minimum Gasteiger partial charge on any atom is -0.439 e. The molecule has 7 aromatic rings. The van der Waals surface area contributed by atoms with Crippen molar-refractivity contribution < 1.29 is 4.74 Å². The first-order chi connectivity index (χ1) is 22.3. The van der Waals surface area contributed by atoms with Crippen LogP contribution in [0.4, 0.5) is 17.1 Å². The molecule has 46 heavy (non-hydrogen) atoms. The highest BCUT2D eigenvalue weighted by Crippen LogP contribution is 2.43. The normalized spacial score (nSPS) is 13.0. The summed E-state index contributed by atoms with van der Waals surface area (Å²) in [5, 5.41) is 2.33. The third-order valence-corrected chi connectivity index (χ3v) is 8.88. The fourth-order valence-corrected chi connectivity index (χ4v) is 6.47. The van der Waals surface area contributed by atoms with Crippen LogP contribution in [0.3, 0.4) is 0 Å². The van der Waals surface area contributed by atoms with Crippen molar-refractivity contribution in [3.63, 3.8) is 0 Å². The molecule has 1 aliphatic rings. The first kappa shape index (κ1) is 27.9. The van der Waals surface area contributed by atoms with Crippen LogP contribution in [0, 0.1) is 0 Å². The van der Waals surface area contributed by atoms with E-state index >= 15 is 0 Å². The molecule has 0 N–H and O–H groups in total. The molecule has 226 valence electrons. The van der Waals surface area contributed by atoms with Gasteiger partial charge >= 0.3 is 0 Å². The standard InChI is InChI=1S/C40H35N5O/c1-40(2,3)29-18-20-41-38(23-29)45-34-13-9-8-12-32(34)33-16-15-31(25-36(33)45)46-39-24-30(19-21-42-39)44-26-43(4)35-17-14-28(22-37(35)44)27-10-6-5-7-11-27/h5-25H,26H2,1-4H3. The summed E-state index contributed by atoms with van der Waals surface area (Å²) in [5.74, 6) is 2.16. The lowest BCUT2D eigenvalue weighted by Crippen LogP contribution is -2.23. The van der Waals surface area contributed by atoms with Crippen molar-refractivity contribution in [3.05, 3.63) is 133 Å². The van der Waals surface area contributed by atoms with Gasteiger partial charge in [0.1, 0.15) is 11.6 Å². The van der Waals surface area contributed by atoms with E-state index in [0.717, 1.165) is 46.0 Å². The minimum absolute atomic E-state index is 0.00911. The third kappa shape index (κ3) is 4.83. The van der Waals surface area contributed by atoms with Gasteiger partial charge in [0, 0.05) is 48.0 Å². The molecule has 8 rings (SSSR count). The van der Waals surface area contributed by atoms with Crippen molar-refractivity contribution in [2.75, 3.05) is 23.5 Å². The number of fused-ring (bicyclic) bond motifs is 4. The molecule has 0 fully saturated rings. The largest absolute Gasteiger partial charge is 0.439 e. The molecule has 0 saturated carbocycles. The summed E-state index contributed by atoms with van der Waals surface area (Å²) in [6, 6.07) is 40.3. The van der Waals surface area contributed by atoms with Crippen molar-refractivity contribution in [1.29, 1.82) is 0 Å². The number of nitrogens with zero attached hydrogens (tertiary/aromatic N) is 5. The zero-order valence-electron chi connectivity index (χ0n) is 26.5. The molecule has 4 aromatic carbocycles. The van der Waals surface area contributed by atoms with Crippen LogP contribution in [-0.4, -0.2) is 28.3 Å². The fourth-order valence-electron chi connectivity index (χ4n) is 6.47. The lowest BCUT2D eigenvalue weighted by molar-refractivity contribution is 0.463. The van der Waals surface area contributed by atoms with Gasteiger partial charge in [0.05, 0.1) is 29.1 Å². The molecule has 0 atom stereocenters. The first-order valence-electron chi connectivity index (χ1n) is 15.7. The Balaban J connectivity index is 1.16. The van der Waals surface area contributed by atoms with Crippen LogP contribution in [0.1, 0.15) is 26.3 Å². The van der Waals surface area contributed by atoms with Gasteiger partial charge in [-0.15, -0.1) is 0 Å². The second-order valence-electron chi connectivity index (χ2n) is 13.0. The van der Waals surface area contributed by atoms with Gasteiger partial charge in [0.15, 0.2) is 0 Å². The maximum atomic E-state index is 6.47. The highest BCUT2D eigenvalue weighted by atomic mass is 16.5. The maximum absolute atomic E-state index is 6.47. The van der Waals surface area contributed by atoms with Crippen molar-refractivity contribution in [2.45, 2.75) is 26.2 Å². The van der Waals surface area contributed by atoms with Gasteiger partial charge in [-0.2, -0.15) is 0 Å². The Morgan fingerprint density at radius 2 is 1.43 bits per heavy atom. The molecule has 6 nitrogen and oxygen atoms in total. The second-order valence-corrected chi connectivity index (χ2v) is 13.0. The number of aromatic nitrogens is 3. The summed E-state index contributed by atoms with van der Waals surface area (Å²) in [6.45, 7) is 7.42. The molecule has 0 amide bonds. The van der Waals surface area contributed by atoms with Crippen LogP contribution in [0.2, 0.25) is 0 Å². The monoisotopic (exact) mass is 601 g/mol. The quantitative estimate of drug-likeness (QED) is 0.197. The van der Waals surface area contributed by atoms with Gasteiger partial charge in [0.2, 0.25) is 5.88 Å².